The van der Waals surface area contributed by atoms with Crippen LogP contribution in [0.4, 0.5) is 0 Å². The van der Waals surface area contributed by atoms with Crippen molar-refractivity contribution in [1.82, 2.24) is 4.90 Å². The molecule has 0 aliphatic heterocycles. The minimum absolute atomic E-state index is 0.269. The number of amides is 1. The zero-order chi connectivity index (χ0) is 19.8. The van der Waals surface area contributed by atoms with Gasteiger partial charge in [-0.2, -0.15) is 0 Å². The molecule has 146 valence electrons. The Kier molecular flexibility index (Phi) is 7.09. The Morgan fingerprint density at radius 2 is 2.11 bits per heavy atom. The third kappa shape index (κ3) is 5.86. The highest BCUT2D eigenvalue weighted by atomic mass is 35.5. The molecule has 1 aliphatic carbocycles. The first-order chi connectivity index (χ1) is 13.6. The molecule has 1 aromatic heterocycles. The van der Waals surface area contributed by atoms with Gasteiger partial charge in [0.2, 0.25) is 0 Å². The van der Waals surface area contributed by atoms with Gasteiger partial charge in [-0.3, -0.25) is 4.79 Å². The summed E-state index contributed by atoms with van der Waals surface area (Å²) in [6, 6.07) is 10.7. The lowest BCUT2D eigenvalue weighted by Gasteiger charge is -2.26. The first-order valence-electron chi connectivity index (χ1n) is 9.24. The number of allylic oxidation sites excluding steroid dienone is 2. The highest BCUT2D eigenvalue weighted by Crippen LogP contribution is 2.23. The van der Waals surface area contributed by atoms with E-state index in [1.165, 1.54) is 6.08 Å². The smallest absolute Gasteiger partial charge is 0.331 e. The molecule has 1 heterocycles. The molecule has 1 aromatic carbocycles. The Morgan fingerprint density at radius 3 is 2.82 bits per heavy atom. The first kappa shape index (κ1) is 20.0. The number of carbonyl (C=O) groups excluding carboxylic acids is 2. The van der Waals surface area contributed by atoms with Crippen LogP contribution in [0.15, 0.2) is 64.9 Å². The molecule has 0 radical (unpaired) electrons. The standard InChI is InChI=1S/C22H22ClNO4/c23-18-7-4-6-17(14-18)11-12-22(26)28-16-21(25)24(15-20-10-5-13-27-20)19-8-2-1-3-9-19/h4-8,10-14H,1-3,9,15-16H2/b12-11+. The fourth-order valence-electron chi connectivity index (χ4n) is 3.01. The second-order valence-corrected chi connectivity index (χ2v) is 6.93. The van der Waals surface area contributed by atoms with E-state index in [-0.39, 0.29) is 12.5 Å². The Morgan fingerprint density at radius 1 is 1.21 bits per heavy atom. The maximum absolute atomic E-state index is 12.7. The molecule has 0 atom stereocenters. The van der Waals surface area contributed by atoms with E-state index in [9.17, 15) is 9.59 Å². The summed E-state index contributed by atoms with van der Waals surface area (Å²) in [6.45, 7) is 0.00430. The number of rotatable bonds is 7. The van der Waals surface area contributed by atoms with Crippen LogP contribution < -0.4 is 0 Å². The van der Waals surface area contributed by atoms with Gasteiger partial charge in [-0.15, -0.1) is 0 Å². The van der Waals surface area contributed by atoms with E-state index < -0.39 is 5.97 Å². The molecule has 5 nitrogen and oxygen atoms in total. The number of nitrogens with zero attached hydrogens (tertiary/aromatic N) is 1. The number of furan rings is 1. The van der Waals surface area contributed by atoms with Gasteiger partial charge in [0, 0.05) is 16.8 Å². The van der Waals surface area contributed by atoms with Crippen molar-refractivity contribution in [3.05, 3.63) is 76.9 Å². The first-order valence-corrected chi connectivity index (χ1v) is 9.62. The van der Waals surface area contributed by atoms with Gasteiger partial charge in [-0.05, 0) is 61.6 Å². The average Bonchev–Trinajstić information content (AvgIpc) is 3.23. The van der Waals surface area contributed by atoms with E-state index in [1.807, 2.05) is 12.1 Å². The van der Waals surface area contributed by atoms with Crippen molar-refractivity contribution in [2.24, 2.45) is 0 Å². The van der Waals surface area contributed by atoms with Crippen molar-refractivity contribution in [2.75, 3.05) is 6.61 Å². The third-order valence-electron chi connectivity index (χ3n) is 4.41. The van der Waals surface area contributed by atoms with Crippen molar-refractivity contribution in [3.63, 3.8) is 0 Å². The quantitative estimate of drug-likeness (QED) is 0.486. The molecule has 0 saturated carbocycles. The summed E-state index contributed by atoms with van der Waals surface area (Å²) < 4.78 is 10.5. The number of carbonyl (C=O) groups is 2. The highest BCUT2D eigenvalue weighted by Gasteiger charge is 2.21. The van der Waals surface area contributed by atoms with Crippen LogP contribution in [0.25, 0.3) is 6.08 Å². The molecule has 6 heteroatoms. The van der Waals surface area contributed by atoms with Crippen LogP contribution in [0.3, 0.4) is 0 Å². The van der Waals surface area contributed by atoms with Crippen LogP contribution in [-0.4, -0.2) is 23.4 Å². The molecule has 0 fully saturated rings. The van der Waals surface area contributed by atoms with Crippen LogP contribution >= 0.6 is 11.6 Å². The number of ether oxygens (including phenoxy) is 1. The normalized spacial score (nSPS) is 14.0. The molecule has 1 aliphatic rings. The summed E-state index contributed by atoms with van der Waals surface area (Å²) >= 11 is 5.92. The average molecular weight is 400 g/mol. The van der Waals surface area contributed by atoms with Crippen molar-refractivity contribution < 1.29 is 18.7 Å². The molecule has 28 heavy (non-hydrogen) atoms. The van der Waals surface area contributed by atoms with Gasteiger partial charge in [0.25, 0.3) is 5.91 Å². The van der Waals surface area contributed by atoms with Gasteiger partial charge in [0.15, 0.2) is 6.61 Å². The Hall–Kier alpha value is -2.79. The predicted molar refractivity (Wildman–Crippen MR) is 107 cm³/mol. The molecule has 3 rings (SSSR count). The summed E-state index contributed by atoms with van der Waals surface area (Å²) in [5.41, 5.74) is 1.74. The number of halogens is 1. The topological polar surface area (TPSA) is 59.8 Å². The maximum atomic E-state index is 12.7. The van der Waals surface area contributed by atoms with Crippen LogP contribution in [0.2, 0.25) is 5.02 Å². The lowest BCUT2D eigenvalue weighted by molar-refractivity contribution is -0.147. The van der Waals surface area contributed by atoms with Crippen LogP contribution in [0.5, 0.6) is 0 Å². The summed E-state index contributed by atoms with van der Waals surface area (Å²) in [6.07, 6.45) is 10.5. The van der Waals surface area contributed by atoms with Crippen molar-refractivity contribution in [2.45, 2.75) is 32.2 Å². The van der Waals surface area contributed by atoms with Gasteiger partial charge in [-0.1, -0.05) is 29.8 Å². The summed E-state index contributed by atoms with van der Waals surface area (Å²) in [5.74, 6) is -0.162. The Balaban J connectivity index is 1.59. The van der Waals surface area contributed by atoms with Gasteiger partial charge in [0.05, 0.1) is 12.8 Å². The number of benzene rings is 1. The number of hydrogen-bond acceptors (Lipinski definition) is 4. The molecular formula is C22H22ClNO4. The molecule has 1 amide bonds. The van der Waals surface area contributed by atoms with Crippen molar-refractivity contribution in [3.8, 4) is 0 Å². The van der Waals surface area contributed by atoms with Crippen molar-refractivity contribution in [1.29, 1.82) is 0 Å². The Bertz CT molecular complexity index is 870. The molecule has 0 bridgehead atoms. The second kappa shape index (κ2) is 9.95. The van der Waals surface area contributed by atoms with E-state index in [0.717, 1.165) is 36.9 Å². The van der Waals surface area contributed by atoms with Crippen molar-refractivity contribution >= 4 is 29.6 Å². The van der Waals surface area contributed by atoms with Crippen LogP contribution in [-0.2, 0) is 20.9 Å². The minimum Gasteiger partial charge on any atom is -0.467 e. The lowest BCUT2D eigenvalue weighted by Crippen LogP contribution is -2.34. The largest absolute Gasteiger partial charge is 0.467 e. The second-order valence-electron chi connectivity index (χ2n) is 6.50. The fraction of sp³-hybridized carbons (Fsp3) is 0.273. The molecule has 0 unspecified atom stereocenters. The third-order valence-corrected chi connectivity index (χ3v) is 4.64. The van der Waals surface area contributed by atoms with E-state index in [1.54, 1.807) is 41.5 Å². The summed E-state index contributed by atoms with van der Waals surface area (Å²) in [4.78, 5) is 26.3. The highest BCUT2D eigenvalue weighted by molar-refractivity contribution is 6.30. The van der Waals surface area contributed by atoms with Gasteiger partial charge >= 0.3 is 5.97 Å². The van der Waals surface area contributed by atoms with Crippen LogP contribution in [0, 0.1) is 0 Å². The van der Waals surface area contributed by atoms with Crippen LogP contribution in [0.1, 0.15) is 37.0 Å². The Labute approximate surface area is 169 Å². The molecule has 2 aromatic rings. The molecule has 0 N–H and O–H groups in total. The van der Waals surface area contributed by atoms with E-state index in [0.29, 0.717) is 17.3 Å². The van der Waals surface area contributed by atoms with Gasteiger partial charge in [0.1, 0.15) is 5.76 Å². The number of esters is 1. The van der Waals surface area contributed by atoms with Gasteiger partial charge in [-0.25, -0.2) is 4.79 Å². The van der Waals surface area contributed by atoms with Gasteiger partial charge < -0.3 is 14.1 Å². The molecule has 0 spiro atoms. The predicted octanol–water partition coefficient (Wildman–Crippen LogP) is 4.98. The lowest BCUT2D eigenvalue weighted by atomic mass is 10.0. The van der Waals surface area contributed by atoms with E-state index >= 15 is 0 Å². The fourth-order valence-corrected chi connectivity index (χ4v) is 3.21. The monoisotopic (exact) mass is 399 g/mol. The number of hydrogen-bond donors (Lipinski definition) is 0. The molecular weight excluding hydrogens is 378 g/mol. The summed E-state index contributed by atoms with van der Waals surface area (Å²) in [7, 11) is 0. The zero-order valence-electron chi connectivity index (χ0n) is 15.5. The zero-order valence-corrected chi connectivity index (χ0v) is 16.2. The maximum Gasteiger partial charge on any atom is 0.331 e. The SMILES string of the molecule is O=C(/C=C/c1cccc(Cl)c1)OCC(=O)N(Cc1ccco1)C1=CCCCC1. The summed E-state index contributed by atoms with van der Waals surface area (Å²) in [5, 5.41) is 0.583. The van der Waals surface area contributed by atoms with E-state index in [4.69, 9.17) is 20.8 Å². The molecule has 0 saturated heterocycles. The van der Waals surface area contributed by atoms with E-state index in [2.05, 4.69) is 6.08 Å². The minimum atomic E-state index is -0.580.